The normalized spacial score (nSPS) is 16.3. The maximum Gasteiger partial charge on any atom is 0.416 e. The largest absolute Gasteiger partial charge is 0.478 e. The van der Waals surface area contributed by atoms with Gasteiger partial charge in [-0.2, -0.15) is 13.2 Å². The molecule has 1 aliphatic heterocycles. The summed E-state index contributed by atoms with van der Waals surface area (Å²) in [6.07, 6.45) is -6.05. The van der Waals surface area contributed by atoms with Crippen LogP contribution in [0.25, 0.3) is 0 Å². The molecule has 3 rings (SSSR count). The summed E-state index contributed by atoms with van der Waals surface area (Å²) in [5.74, 6) is -0.818. The molecule has 2 aromatic rings. The predicted molar refractivity (Wildman–Crippen MR) is 89.2 cm³/mol. The van der Waals surface area contributed by atoms with Crippen LogP contribution in [-0.4, -0.2) is 17.9 Å². The van der Waals surface area contributed by atoms with E-state index in [1.54, 1.807) is 24.3 Å². The number of benzene rings is 2. The number of anilines is 2. The second-order valence-electron chi connectivity index (χ2n) is 5.54. The number of hydrogen-bond acceptors (Lipinski definition) is 3. The maximum atomic E-state index is 12.8. The molecule has 0 saturated carbocycles. The number of amides is 2. The Balaban J connectivity index is 1.71. The van der Waals surface area contributed by atoms with E-state index in [2.05, 4.69) is 10.6 Å². The van der Waals surface area contributed by atoms with Crippen molar-refractivity contribution in [3.63, 3.8) is 0 Å². The highest BCUT2D eigenvalue weighted by atomic mass is 35.5. The van der Waals surface area contributed by atoms with E-state index in [-0.39, 0.29) is 17.1 Å². The monoisotopic (exact) mass is 384 g/mol. The third kappa shape index (κ3) is 3.91. The number of carbonyl (C=O) groups is 2. The molecule has 0 aliphatic carbocycles. The fourth-order valence-corrected chi connectivity index (χ4v) is 2.56. The Labute approximate surface area is 151 Å². The van der Waals surface area contributed by atoms with Gasteiger partial charge in [0.2, 0.25) is 5.91 Å². The van der Waals surface area contributed by atoms with Crippen LogP contribution in [0.3, 0.4) is 0 Å². The van der Waals surface area contributed by atoms with Gasteiger partial charge < -0.3 is 15.4 Å². The van der Waals surface area contributed by atoms with Gasteiger partial charge in [0.15, 0.2) is 6.10 Å². The van der Waals surface area contributed by atoms with Crippen LogP contribution >= 0.6 is 11.6 Å². The Kier molecular flexibility index (Phi) is 4.78. The van der Waals surface area contributed by atoms with Crippen molar-refractivity contribution in [3.8, 4) is 5.75 Å². The minimum atomic E-state index is -4.57. The standard InChI is InChI=1S/C17H12ClF3N2O3/c18-10-6-5-9(17(19,20)21)7-12(10)22-15(24)8-14-16(25)23-11-3-1-2-4-13(11)26-14/h1-7,14H,8H2,(H,22,24)(H,23,25). The second-order valence-corrected chi connectivity index (χ2v) is 5.94. The predicted octanol–water partition coefficient (Wildman–Crippen LogP) is 4.09. The molecule has 9 heteroatoms. The summed E-state index contributed by atoms with van der Waals surface area (Å²) in [7, 11) is 0. The van der Waals surface area contributed by atoms with Gasteiger partial charge in [0.25, 0.3) is 5.91 Å². The zero-order valence-corrected chi connectivity index (χ0v) is 13.8. The van der Waals surface area contributed by atoms with Gasteiger partial charge in [0, 0.05) is 0 Å². The smallest absolute Gasteiger partial charge is 0.416 e. The Hall–Kier alpha value is -2.74. The number of fused-ring (bicyclic) bond motifs is 1. The van der Waals surface area contributed by atoms with Crippen LogP contribution in [0.4, 0.5) is 24.5 Å². The molecule has 0 fully saturated rings. The van der Waals surface area contributed by atoms with Crippen LogP contribution in [0, 0.1) is 0 Å². The van der Waals surface area contributed by atoms with E-state index in [0.29, 0.717) is 11.4 Å². The van der Waals surface area contributed by atoms with Gasteiger partial charge in [-0.1, -0.05) is 23.7 Å². The van der Waals surface area contributed by atoms with E-state index < -0.39 is 29.7 Å². The van der Waals surface area contributed by atoms with Crippen LogP contribution < -0.4 is 15.4 Å². The van der Waals surface area contributed by atoms with Gasteiger partial charge in [-0.05, 0) is 30.3 Å². The summed E-state index contributed by atoms with van der Waals surface area (Å²) < 4.78 is 43.8. The second kappa shape index (κ2) is 6.87. The van der Waals surface area contributed by atoms with E-state index in [1.165, 1.54) is 0 Å². The van der Waals surface area contributed by atoms with Crippen molar-refractivity contribution in [2.45, 2.75) is 18.7 Å². The van der Waals surface area contributed by atoms with Gasteiger partial charge in [-0.15, -0.1) is 0 Å². The average Bonchev–Trinajstić information content (AvgIpc) is 2.56. The molecular weight excluding hydrogens is 373 g/mol. The summed E-state index contributed by atoms with van der Waals surface area (Å²) in [6.45, 7) is 0. The van der Waals surface area contributed by atoms with Crippen LogP contribution in [0.5, 0.6) is 5.75 Å². The average molecular weight is 385 g/mol. The summed E-state index contributed by atoms with van der Waals surface area (Å²) in [5, 5.41) is 4.83. The lowest BCUT2D eigenvalue weighted by atomic mass is 10.1. The molecule has 1 unspecified atom stereocenters. The van der Waals surface area contributed by atoms with E-state index in [4.69, 9.17) is 16.3 Å². The van der Waals surface area contributed by atoms with Crippen LogP contribution in [0.2, 0.25) is 5.02 Å². The first-order valence-corrected chi connectivity index (χ1v) is 7.85. The van der Waals surface area contributed by atoms with Crippen molar-refractivity contribution in [3.05, 3.63) is 53.1 Å². The molecule has 1 heterocycles. The van der Waals surface area contributed by atoms with E-state index in [0.717, 1.165) is 18.2 Å². The third-order valence-electron chi connectivity index (χ3n) is 3.65. The van der Waals surface area contributed by atoms with Crippen molar-refractivity contribution in [1.29, 1.82) is 0 Å². The molecule has 0 spiro atoms. The minimum Gasteiger partial charge on any atom is -0.478 e. The van der Waals surface area contributed by atoms with Crippen molar-refractivity contribution in [2.75, 3.05) is 10.6 Å². The first kappa shape index (κ1) is 18.1. The van der Waals surface area contributed by atoms with E-state index in [9.17, 15) is 22.8 Å². The Bertz CT molecular complexity index is 871. The lowest BCUT2D eigenvalue weighted by Gasteiger charge is -2.25. The van der Waals surface area contributed by atoms with Gasteiger partial charge in [0.05, 0.1) is 28.4 Å². The van der Waals surface area contributed by atoms with Crippen molar-refractivity contribution in [1.82, 2.24) is 0 Å². The molecular formula is C17H12ClF3N2O3. The number of halogens is 4. The SMILES string of the molecule is O=C(CC1Oc2ccccc2NC1=O)Nc1cc(C(F)(F)F)ccc1Cl. The number of alkyl halides is 3. The number of para-hydroxylation sites is 2. The highest BCUT2D eigenvalue weighted by Gasteiger charge is 2.32. The van der Waals surface area contributed by atoms with E-state index in [1.807, 2.05) is 0 Å². The quantitative estimate of drug-likeness (QED) is 0.837. The van der Waals surface area contributed by atoms with Crippen LogP contribution in [0.15, 0.2) is 42.5 Å². The molecule has 0 saturated heterocycles. The zero-order chi connectivity index (χ0) is 18.9. The molecule has 2 N–H and O–H groups in total. The molecule has 0 radical (unpaired) electrons. The first-order valence-electron chi connectivity index (χ1n) is 7.47. The fourth-order valence-electron chi connectivity index (χ4n) is 2.39. The van der Waals surface area contributed by atoms with Crippen molar-refractivity contribution in [2.24, 2.45) is 0 Å². The number of nitrogens with one attached hydrogen (secondary N) is 2. The Morgan fingerprint density at radius 1 is 1.23 bits per heavy atom. The Morgan fingerprint density at radius 2 is 1.96 bits per heavy atom. The fraction of sp³-hybridized carbons (Fsp3) is 0.176. The zero-order valence-electron chi connectivity index (χ0n) is 13.1. The highest BCUT2D eigenvalue weighted by Crippen LogP contribution is 2.34. The van der Waals surface area contributed by atoms with Crippen molar-refractivity contribution >= 4 is 34.8 Å². The number of carbonyl (C=O) groups excluding carboxylic acids is 2. The van der Waals surface area contributed by atoms with Gasteiger partial charge in [-0.3, -0.25) is 9.59 Å². The minimum absolute atomic E-state index is 0.0503. The molecule has 1 atom stereocenters. The molecule has 0 aromatic heterocycles. The highest BCUT2D eigenvalue weighted by molar-refractivity contribution is 6.33. The Morgan fingerprint density at radius 3 is 2.69 bits per heavy atom. The van der Waals surface area contributed by atoms with Gasteiger partial charge >= 0.3 is 6.18 Å². The number of hydrogen-bond donors (Lipinski definition) is 2. The van der Waals surface area contributed by atoms with Crippen LogP contribution in [-0.2, 0) is 15.8 Å². The molecule has 2 amide bonds. The molecule has 2 aromatic carbocycles. The molecule has 0 bridgehead atoms. The van der Waals surface area contributed by atoms with Crippen LogP contribution in [0.1, 0.15) is 12.0 Å². The number of ether oxygens (including phenoxy) is 1. The third-order valence-corrected chi connectivity index (χ3v) is 3.97. The summed E-state index contributed by atoms with van der Waals surface area (Å²) in [6, 6.07) is 9.28. The van der Waals surface area contributed by atoms with Crippen molar-refractivity contribution < 1.29 is 27.5 Å². The summed E-state index contributed by atoms with van der Waals surface area (Å²) in [4.78, 5) is 24.1. The maximum absolute atomic E-state index is 12.8. The summed E-state index contributed by atoms with van der Waals surface area (Å²) in [5.41, 5.74) is -0.657. The molecule has 26 heavy (non-hydrogen) atoms. The lowest BCUT2D eigenvalue weighted by molar-refractivity contribution is -0.137. The van der Waals surface area contributed by atoms with Gasteiger partial charge in [0.1, 0.15) is 5.75 Å². The summed E-state index contributed by atoms with van der Waals surface area (Å²) >= 11 is 5.84. The number of rotatable bonds is 3. The first-order chi connectivity index (χ1) is 12.2. The lowest BCUT2D eigenvalue weighted by Crippen LogP contribution is -2.39. The van der Waals surface area contributed by atoms with E-state index >= 15 is 0 Å². The molecule has 136 valence electrons. The molecule has 5 nitrogen and oxygen atoms in total. The topological polar surface area (TPSA) is 67.4 Å². The van der Waals surface area contributed by atoms with Gasteiger partial charge in [-0.25, -0.2) is 0 Å². The molecule has 1 aliphatic rings.